The molecule has 0 fully saturated rings. The molecule has 0 unspecified atom stereocenters. The first kappa shape index (κ1) is 17.3. The highest BCUT2D eigenvalue weighted by Crippen LogP contribution is 2.19. The Bertz CT molecular complexity index is 726. The summed E-state index contributed by atoms with van der Waals surface area (Å²) in [6.07, 6.45) is 0.726. The van der Waals surface area contributed by atoms with Crippen LogP contribution in [0.2, 0.25) is 0 Å². The van der Waals surface area contributed by atoms with Gasteiger partial charge in [0.05, 0.1) is 0 Å². The summed E-state index contributed by atoms with van der Waals surface area (Å²) in [5.74, 6) is 0.758. The van der Waals surface area contributed by atoms with Crippen LogP contribution >= 0.6 is 11.8 Å². The number of amides is 1. The quantitative estimate of drug-likeness (QED) is 0.652. The Hall–Kier alpha value is -2.08. The van der Waals surface area contributed by atoms with E-state index in [2.05, 4.69) is 9.97 Å². The van der Waals surface area contributed by atoms with Crippen LogP contribution in [0.15, 0.2) is 40.3 Å². The number of hydrogen-bond donors (Lipinski definition) is 1. The van der Waals surface area contributed by atoms with Crippen molar-refractivity contribution in [2.75, 3.05) is 14.1 Å². The summed E-state index contributed by atoms with van der Waals surface area (Å²) >= 11 is 1.50. The van der Waals surface area contributed by atoms with Gasteiger partial charge in [-0.15, -0.1) is 0 Å². The Balaban J connectivity index is 2.05. The highest BCUT2D eigenvalue weighted by atomic mass is 32.2. The monoisotopic (exact) mass is 331 g/mol. The number of H-pyrrole nitrogens is 1. The number of carbonyl (C=O) groups excluding carboxylic acids is 1. The van der Waals surface area contributed by atoms with E-state index in [4.69, 9.17) is 0 Å². The zero-order valence-electron chi connectivity index (χ0n) is 13.6. The number of rotatable bonds is 6. The minimum atomic E-state index is -0.153. The third kappa shape index (κ3) is 4.96. The fourth-order valence-electron chi connectivity index (χ4n) is 2.13. The molecule has 0 aliphatic heterocycles. The molecule has 5 nitrogen and oxygen atoms in total. The molecule has 1 amide bonds. The second kappa shape index (κ2) is 7.97. The molecule has 1 aromatic carbocycles. The van der Waals surface area contributed by atoms with Crippen LogP contribution in [0.4, 0.5) is 0 Å². The van der Waals surface area contributed by atoms with Gasteiger partial charge in [-0.2, -0.15) is 0 Å². The lowest BCUT2D eigenvalue weighted by atomic mass is 10.1. The molecular formula is C17H21N3O2S. The van der Waals surface area contributed by atoms with Crippen molar-refractivity contribution in [1.29, 1.82) is 0 Å². The average molecular weight is 331 g/mol. The minimum absolute atomic E-state index is 0.00586. The van der Waals surface area contributed by atoms with Crippen molar-refractivity contribution in [2.24, 2.45) is 0 Å². The maximum atomic E-state index is 12.2. The SMILES string of the molecule is Cc1nc(SCc2ccccc2)[nH]c(=O)c1CCC(=O)N(C)C. The van der Waals surface area contributed by atoms with E-state index in [0.29, 0.717) is 29.3 Å². The molecule has 0 aliphatic rings. The molecular weight excluding hydrogens is 310 g/mol. The summed E-state index contributed by atoms with van der Waals surface area (Å²) in [6.45, 7) is 1.82. The standard InChI is InChI=1S/C17H21N3O2S/c1-12-14(9-10-15(21)20(2)3)16(22)19-17(18-12)23-11-13-7-5-4-6-8-13/h4-8H,9-11H2,1-3H3,(H,18,19,22). The Morgan fingerprint density at radius 1 is 1.26 bits per heavy atom. The average Bonchev–Trinajstić information content (AvgIpc) is 2.52. The lowest BCUT2D eigenvalue weighted by molar-refractivity contribution is -0.128. The van der Waals surface area contributed by atoms with Crippen LogP contribution in [0.25, 0.3) is 0 Å². The molecule has 1 N–H and O–H groups in total. The first-order valence-corrected chi connectivity index (χ1v) is 8.42. The Morgan fingerprint density at radius 2 is 1.96 bits per heavy atom. The topological polar surface area (TPSA) is 66.1 Å². The van der Waals surface area contributed by atoms with Crippen molar-refractivity contribution in [1.82, 2.24) is 14.9 Å². The van der Waals surface area contributed by atoms with Gasteiger partial charge in [0.1, 0.15) is 0 Å². The van der Waals surface area contributed by atoms with Crippen molar-refractivity contribution < 1.29 is 4.79 Å². The Labute approximate surface area is 140 Å². The van der Waals surface area contributed by atoms with Crippen molar-refractivity contribution in [3.63, 3.8) is 0 Å². The van der Waals surface area contributed by atoms with Gasteiger partial charge < -0.3 is 9.88 Å². The van der Waals surface area contributed by atoms with E-state index in [-0.39, 0.29) is 11.5 Å². The molecule has 0 radical (unpaired) electrons. The first-order valence-electron chi connectivity index (χ1n) is 7.44. The maximum Gasteiger partial charge on any atom is 0.254 e. The van der Waals surface area contributed by atoms with Gasteiger partial charge in [0.2, 0.25) is 5.91 Å². The summed E-state index contributed by atoms with van der Waals surface area (Å²) in [4.78, 5) is 32.7. The number of nitrogens with zero attached hydrogens (tertiary/aromatic N) is 2. The molecule has 0 bridgehead atoms. The molecule has 1 heterocycles. The van der Waals surface area contributed by atoms with Crippen molar-refractivity contribution in [2.45, 2.75) is 30.7 Å². The predicted molar refractivity (Wildman–Crippen MR) is 92.6 cm³/mol. The van der Waals surface area contributed by atoms with E-state index < -0.39 is 0 Å². The Morgan fingerprint density at radius 3 is 2.57 bits per heavy atom. The second-order valence-electron chi connectivity index (χ2n) is 5.50. The van der Waals surface area contributed by atoms with Gasteiger partial charge in [0, 0.05) is 37.5 Å². The molecule has 6 heteroatoms. The van der Waals surface area contributed by atoms with Crippen LogP contribution in [-0.2, 0) is 17.0 Å². The number of carbonyl (C=O) groups is 1. The zero-order valence-corrected chi connectivity index (χ0v) is 14.4. The maximum absolute atomic E-state index is 12.2. The van der Waals surface area contributed by atoms with Crippen LogP contribution in [0, 0.1) is 6.92 Å². The van der Waals surface area contributed by atoms with Gasteiger partial charge in [-0.25, -0.2) is 4.98 Å². The number of aromatic amines is 1. The van der Waals surface area contributed by atoms with Crippen LogP contribution in [0.1, 0.15) is 23.2 Å². The molecule has 0 saturated heterocycles. The number of aromatic nitrogens is 2. The fraction of sp³-hybridized carbons (Fsp3) is 0.353. The van der Waals surface area contributed by atoms with Crippen LogP contribution in [-0.4, -0.2) is 34.9 Å². The van der Waals surface area contributed by atoms with Crippen LogP contribution in [0.5, 0.6) is 0 Å². The lowest BCUT2D eigenvalue weighted by Crippen LogP contribution is -2.24. The van der Waals surface area contributed by atoms with E-state index in [1.807, 2.05) is 37.3 Å². The van der Waals surface area contributed by atoms with Crippen molar-refractivity contribution >= 4 is 17.7 Å². The van der Waals surface area contributed by atoms with Gasteiger partial charge in [-0.05, 0) is 18.9 Å². The third-order valence-electron chi connectivity index (χ3n) is 3.51. The van der Waals surface area contributed by atoms with E-state index in [0.717, 1.165) is 5.75 Å². The number of nitrogens with one attached hydrogen (secondary N) is 1. The number of aryl methyl sites for hydroxylation is 1. The fourth-order valence-corrected chi connectivity index (χ4v) is 2.99. The molecule has 0 atom stereocenters. The third-order valence-corrected chi connectivity index (χ3v) is 4.45. The molecule has 2 rings (SSSR count). The van der Waals surface area contributed by atoms with Gasteiger partial charge in [0.15, 0.2) is 5.16 Å². The summed E-state index contributed by atoms with van der Waals surface area (Å²) in [5, 5.41) is 0.610. The molecule has 0 aliphatic carbocycles. The van der Waals surface area contributed by atoms with Crippen LogP contribution in [0.3, 0.4) is 0 Å². The zero-order chi connectivity index (χ0) is 16.8. The largest absolute Gasteiger partial charge is 0.349 e. The first-order chi connectivity index (χ1) is 11.0. The van der Waals surface area contributed by atoms with Crippen LogP contribution < -0.4 is 5.56 Å². The molecule has 23 heavy (non-hydrogen) atoms. The summed E-state index contributed by atoms with van der Waals surface area (Å²) in [5.41, 5.74) is 2.30. The van der Waals surface area contributed by atoms with E-state index in [1.54, 1.807) is 14.1 Å². The van der Waals surface area contributed by atoms with Gasteiger partial charge in [0.25, 0.3) is 5.56 Å². The molecule has 0 saturated carbocycles. The van der Waals surface area contributed by atoms with Gasteiger partial charge in [-0.1, -0.05) is 42.1 Å². The lowest BCUT2D eigenvalue weighted by Gasteiger charge is -2.11. The smallest absolute Gasteiger partial charge is 0.254 e. The highest BCUT2D eigenvalue weighted by Gasteiger charge is 2.12. The predicted octanol–water partition coefficient (Wildman–Crippen LogP) is 2.39. The van der Waals surface area contributed by atoms with E-state index in [1.165, 1.54) is 22.2 Å². The van der Waals surface area contributed by atoms with Gasteiger partial charge >= 0.3 is 0 Å². The summed E-state index contributed by atoms with van der Waals surface area (Å²) < 4.78 is 0. The summed E-state index contributed by atoms with van der Waals surface area (Å²) in [7, 11) is 3.42. The van der Waals surface area contributed by atoms with E-state index in [9.17, 15) is 9.59 Å². The molecule has 0 spiro atoms. The minimum Gasteiger partial charge on any atom is -0.349 e. The van der Waals surface area contributed by atoms with Gasteiger partial charge in [-0.3, -0.25) is 9.59 Å². The summed E-state index contributed by atoms with van der Waals surface area (Å²) in [6, 6.07) is 10.0. The van der Waals surface area contributed by atoms with Crippen molar-refractivity contribution in [3.8, 4) is 0 Å². The number of hydrogen-bond acceptors (Lipinski definition) is 4. The highest BCUT2D eigenvalue weighted by molar-refractivity contribution is 7.98. The molecule has 2 aromatic rings. The normalized spacial score (nSPS) is 10.6. The molecule has 1 aromatic heterocycles. The van der Waals surface area contributed by atoms with Crippen molar-refractivity contribution in [3.05, 3.63) is 57.5 Å². The second-order valence-corrected chi connectivity index (χ2v) is 6.46. The molecule has 122 valence electrons. The number of thioether (sulfide) groups is 1. The van der Waals surface area contributed by atoms with E-state index >= 15 is 0 Å². The Kier molecular flexibility index (Phi) is 5.98. The number of benzene rings is 1.